The van der Waals surface area contributed by atoms with Crippen LogP contribution in [-0.2, 0) is 4.79 Å². The van der Waals surface area contributed by atoms with Gasteiger partial charge in [-0.25, -0.2) is 13.8 Å². The van der Waals surface area contributed by atoms with E-state index in [0.717, 1.165) is 6.07 Å². The average molecular weight is 599 g/mol. The van der Waals surface area contributed by atoms with Gasteiger partial charge in [0.1, 0.15) is 22.9 Å². The molecular weight excluding hydrogens is 562 g/mol. The number of aromatic hydroxyl groups is 1. The molecule has 3 fully saturated rings. The Hall–Kier alpha value is -3.50. The molecule has 6 rings (SSSR count). The first-order valence-electron chi connectivity index (χ1n) is 13.9. The number of hydrogen-bond acceptors (Lipinski definition) is 7. The van der Waals surface area contributed by atoms with Crippen molar-refractivity contribution < 1.29 is 18.7 Å². The molecule has 1 aromatic heterocycles. The molecule has 2 aliphatic heterocycles. The van der Waals surface area contributed by atoms with Gasteiger partial charge in [0, 0.05) is 61.3 Å². The van der Waals surface area contributed by atoms with E-state index in [9.17, 15) is 14.3 Å². The number of phenols is 1. The zero-order chi connectivity index (χ0) is 29.2. The summed E-state index contributed by atoms with van der Waals surface area (Å²) in [5.74, 6) is -1.31. The van der Waals surface area contributed by atoms with E-state index >= 15 is 4.39 Å². The highest BCUT2D eigenvalue weighted by Gasteiger charge is 2.40. The minimum atomic E-state index is -0.828. The van der Waals surface area contributed by atoms with Gasteiger partial charge in [-0.3, -0.25) is 9.69 Å². The predicted octanol–water partition coefficient (Wildman–Crippen LogP) is 5.46. The summed E-state index contributed by atoms with van der Waals surface area (Å²) in [6.45, 7) is 9.86. The molecule has 224 valence electrons. The van der Waals surface area contributed by atoms with Gasteiger partial charge in [-0.15, -0.1) is 0 Å². The molecule has 0 radical (unpaired) electrons. The Morgan fingerprint density at radius 3 is 2.45 bits per heavy atom. The van der Waals surface area contributed by atoms with Crippen LogP contribution in [-0.4, -0.2) is 88.2 Å². The summed E-state index contributed by atoms with van der Waals surface area (Å²) in [7, 11) is 2.13. The molecule has 0 unspecified atom stereocenters. The standard InChI is InChI=1S/C30H33ClF2N6O2.CH4/c1-5-24(41)38-12-17(3)39(13-16(38)2)29-20-11-21(31)25(26-22(32)7-6-8-23(26)40)27(33)28(20)34-30(35-29)37-14-19(15-37)36(4)18-9-10-18;/h5-8,11,16-19,40H,1,9-10,12-15H2,2-4H3;1H4/t16-,17+;/m1./s1. The Bertz CT molecular complexity index is 1520. The number of phenolic OH excluding ortho intramolecular Hbond substituents is 1. The summed E-state index contributed by atoms with van der Waals surface area (Å²) in [6, 6.07) is 6.00. The molecule has 8 nitrogen and oxygen atoms in total. The lowest BCUT2D eigenvalue weighted by molar-refractivity contribution is -0.128. The molecule has 2 aromatic carbocycles. The first-order valence-corrected chi connectivity index (χ1v) is 14.3. The van der Waals surface area contributed by atoms with Crippen molar-refractivity contribution in [2.75, 3.05) is 43.0 Å². The smallest absolute Gasteiger partial charge is 0.246 e. The highest BCUT2D eigenvalue weighted by molar-refractivity contribution is 6.34. The zero-order valence-corrected chi connectivity index (χ0v) is 24.1. The zero-order valence-electron chi connectivity index (χ0n) is 23.3. The van der Waals surface area contributed by atoms with Crippen molar-refractivity contribution >= 4 is 40.2 Å². The van der Waals surface area contributed by atoms with Gasteiger partial charge in [0.15, 0.2) is 5.82 Å². The van der Waals surface area contributed by atoms with Crippen LogP contribution in [0.5, 0.6) is 5.75 Å². The minimum absolute atomic E-state index is 0. The van der Waals surface area contributed by atoms with Crippen molar-refractivity contribution in [2.45, 2.75) is 58.3 Å². The van der Waals surface area contributed by atoms with Crippen LogP contribution >= 0.6 is 11.6 Å². The van der Waals surface area contributed by atoms with E-state index in [4.69, 9.17) is 16.6 Å². The van der Waals surface area contributed by atoms with E-state index in [0.29, 0.717) is 55.4 Å². The number of piperazine rings is 1. The van der Waals surface area contributed by atoms with Crippen LogP contribution in [0.4, 0.5) is 20.5 Å². The number of halogens is 3. The van der Waals surface area contributed by atoms with Crippen LogP contribution in [0.2, 0.25) is 5.02 Å². The Balaban J connectivity index is 0.00000353. The Morgan fingerprint density at radius 1 is 1.10 bits per heavy atom. The maximum atomic E-state index is 16.4. The number of anilines is 2. The van der Waals surface area contributed by atoms with Gasteiger partial charge in [-0.1, -0.05) is 31.7 Å². The van der Waals surface area contributed by atoms with Gasteiger partial charge in [0.05, 0.1) is 10.6 Å². The van der Waals surface area contributed by atoms with Crippen molar-refractivity contribution in [1.82, 2.24) is 19.8 Å². The van der Waals surface area contributed by atoms with E-state index in [-0.39, 0.29) is 47.1 Å². The van der Waals surface area contributed by atoms with Crippen LogP contribution in [0.15, 0.2) is 36.9 Å². The SMILES string of the molecule is C.C=CC(=O)N1C[C@H](C)N(c2nc(N3CC(N(C)C4CC4)C3)nc3c(F)c(-c4c(O)cccc4F)c(Cl)cc23)C[C@H]1C. The summed E-state index contributed by atoms with van der Waals surface area (Å²) in [4.78, 5) is 30.3. The number of aromatic nitrogens is 2. The maximum Gasteiger partial charge on any atom is 0.246 e. The molecule has 0 spiro atoms. The number of carbonyl (C=O) groups excluding carboxylic acids is 1. The highest BCUT2D eigenvalue weighted by atomic mass is 35.5. The topological polar surface area (TPSA) is 76.0 Å². The maximum absolute atomic E-state index is 16.4. The second-order valence-electron chi connectivity index (χ2n) is 11.4. The van der Waals surface area contributed by atoms with Gasteiger partial charge < -0.3 is 19.8 Å². The fraction of sp³-hybridized carbons (Fsp3) is 0.452. The van der Waals surface area contributed by atoms with Crippen molar-refractivity contribution in [1.29, 1.82) is 0 Å². The summed E-state index contributed by atoms with van der Waals surface area (Å²) in [5.41, 5.74) is -0.564. The molecule has 0 bridgehead atoms. The normalized spacial score (nSPS) is 21.0. The first kappa shape index (κ1) is 30.0. The number of rotatable bonds is 6. The highest BCUT2D eigenvalue weighted by Crippen LogP contribution is 2.43. The second kappa shape index (κ2) is 11.3. The van der Waals surface area contributed by atoms with Crippen LogP contribution in [0.3, 0.4) is 0 Å². The Kier molecular flexibility index (Phi) is 8.06. The molecule has 11 heteroatoms. The van der Waals surface area contributed by atoms with Gasteiger partial charge in [-0.05, 0) is 58.0 Å². The fourth-order valence-corrected chi connectivity index (χ4v) is 6.31. The number of benzene rings is 2. The lowest BCUT2D eigenvalue weighted by Crippen LogP contribution is -2.60. The molecule has 1 saturated carbocycles. The summed E-state index contributed by atoms with van der Waals surface area (Å²) in [6.07, 6.45) is 3.72. The third-order valence-corrected chi connectivity index (χ3v) is 8.95. The van der Waals surface area contributed by atoms with Gasteiger partial charge in [-0.2, -0.15) is 4.98 Å². The van der Waals surface area contributed by atoms with Crippen LogP contribution in [0.25, 0.3) is 22.0 Å². The first-order chi connectivity index (χ1) is 19.6. The summed E-state index contributed by atoms with van der Waals surface area (Å²) in [5, 5.41) is 10.8. The molecule has 42 heavy (non-hydrogen) atoms. The van der Waals surface area contributed by atoms with Gasteiger partial charge >= 0.3 is 0 Å². The molecule has 1 amide bonds. The number of nitrogens with zero attached hydrogens (tertiary/aromatic N) is 6. The molecule has 1 aliphatic carbocycles. The molecule has 3 aromatic rings. The molecule has 3 aliphatic rings. The van der Waals surface area contributed by atoms with Crippen molar-refractivity contribution in [3.8, 4) is 16.9 Å². The van der Waals surface area contributed by atoms with E-state index in [2.05, 4.69) is 28.4 Å². The lowest BCUT2D eigenvalue weighted by atomic mass is 10.00. The predicted molar refractivity (Wildman–Crippen MR) is 163 cm³/mol. The van der Waals surface area contributed by atoms with Crippen molar-refractivity contribution in [2.24, 2.45) is 0 Å². The Labute approximate surface area is 250 Å². The summed E-state index contributed by atoms with van der Waals surface area (Å²) < 4.78 is 31.3. The largest absolute Gasteiger partial charge is 0.507 e. The molecule has 3 heterocycles. The number of carbonyl (C=O) groups is 1. The molecular formula is C31H37ClF2N6O2. The van der Waals surface area contributed by atoms with Gasteiger partial charge in [0.25, 0.3) is 0 Å². The number of hydrogen-bond donors (Lipinski definition) is 1. The quantitative estimate of drug-likeness (QED) is 0.377. The molecule has 2 saturated heterocycles. The third-order valence-electron chi connectivity index (χ3n) is 8.65. The monoisotopic (exact) mass is 598 g/mol. The van der Waals surface area contributed by atoms with E-state index in [1.807, 2.05) is 18.7 Å². The summed E-state index contributed by atoms with van der Waals surface area (Å²) >= 11 is 6.60. The average Bonchev–Trinajstić information content (AvgIpc) is 3.76. The number of amides is 1. The molecule has 1 N–H and O–H groups in total. The Morgan fingerprint density at radius 2 is 1.81 bits per heavy atom. The fourth-order valence-electron chi connectivity index (χ4n) is 6.02. The van der Waals surface area contributed by atoms with E-state index < -0.39 is 17.4 Å². The van der Waals surface area contributed by atoms with Crippen LogP contribution in [0.1, 0.15) is 34.1 Å². The van der Waals surface area contributed by atoms with Crippen molar-refractivity contribution in [3.05, 3.63) is 53.6 Å². The number of likely N-dealkylation sites (N-methyl/N-ethyl adjacent to an activating group) is 1. The second-order valence-corrected chi connectivity index (χ2v) is 11.8. The number of fused-ring (bicyclic) bond motifs is 1. The van der Waals surface area contributed by atoms with E-state index in [1.54, 1.807) is 11.0 Å². The third kappa shape index (κ3) is 5.04. The molecule has 2 atom stereocenters. The van der Waals surface area contributed by atoms with Crippen LogP contribution < -0.4 is 9.80 Å². The van der Waals surface area contributed by atoms with Crippen molar-refractivity contribution in [3.63, 3.8) is 0 Å². The van der Waals surface area contributed by atoms with Gasteiger partial charge in [0.2, 0.25) is 11.9 Å². The lowest BCUT2D eigenvalue weighted by Gasteiger charge is -2.46. The van der Waals surface area contributed by atoms with E-state index in [1.165, 1.54) is 31.1 Å². The van der Waals surface area contributed by atoms with Crippen LogP contribution in [0, 0.1) is 11.6 Å². The minimum Gasteiger partial charge on any atom is -0.507 e.